The van der Waals surface area contributed by atoms with E-state index in [2.05, 4.69) is 18.0 Å². The number of rotatable bonds is 9. The maximum absolute atomic E-state index is 12.3. The molecule has 0 unspecified atom stereocenters. The molecule has 0 saturated carbocycles. The molecule has 0 atom stereocenters. The molecule has 5 nitrogen and oxygen atoms in total. The van der Waals surface area contributed by atoms with Crippen LogP contribution in [0.25, 0.3) is 0 Å². The third-order valence-electron chi connectivity index (χ3n) is 4.62. The van der Waals surface area contributed by atoms with Crippen LogP contribution in [0.15, 0.2) is 66.9 Å². The van der Waals surface area contributed by atoms with Gasteiger partial charge in [-0.2, -0.15) is 5.26 Å². The van der Waals surface area contributed by atoms with Gasteiger partial charge in [0.1, 0.15) is 11.5 Å². The number of esters is 1. The molecule has 0 aliphatic heterocycles. The van der Waals surface area contributed by atoms with E-state index in [1.54, 1.807) is 36.5 Å². The number of hydrogen-bond donors (Lipinski definition) is 0. The summed E-state index contributed by atoms with van der Waals surface area (Å²) >= 11 is 0. The van der Waals surface area contributed by atoms with Crippen LogP contribution in [-0.2, 0) is 12.8 Å². The van der Waals surface area contributed by atoms with Crippen molar-refractivity contribution in [2.75, 3.05) is 6.61 Å². The molecule has 2 aromatic carbocycles. The Hall–Kier alpha value is -3.65. The van der Waals surface area contributed by atoms with Crippen molar-refractivity contribution in [1.29, 1.82) is 5.26 Å². The zero-order valence-corrected chi connectivity index (χ0v) is 17.0. The third-order valence-corrected chi connectivity index (χ3v) is 4.62. The molecule has 30 heavy (non-hydrogen) atoms. The molecule has 0 aliphatic rings. The molecule has 0 bridgehead atoms. The van der Waals surface area contributed by atoms with Crippen molar-refractivity contribution in [2.45, 2.75) is 32.6 Å². The number of aromatic nitrogens is 1. The molecule has 3 rings (SSSR count). The van der Waals surface area contributed by atoms with Crippen molar-refractivity contribution in [1.82, 2.24) is 4.98 Å². The number of ether oxygens (including phenoxy) is 2. The lowest BCUT2D eigenvalue weighted by atomic mass is 10.1. The van der Waals surface area contributed by atoms with Crippen LogP contribution in [0.1, 0.15) is 46.9 Å². The molecule has 5 heteroatoms. The van der Waals surface area contributed by atoms with Crippen LogP contribution in [0.3, 0.4) is 0 Å². The molecule has 1 aromatic heterocycles. The highest BCUT2D eigenvalue weighted by atomic mass is 16.5. The minimum atomic E-state index is -0.428. The molecule has 152 valence electrons. The fourth-order valence-electron chi connectivity index (χ4n) is 2.83. The summed E-state index contributed by atoms with van der Waals surface area (Å²) in [7, 11) is 0. The number of benzene rings is 2. The van der Waals surface area contributed by atoms with E-state index in [1.807, 2.05) is 30.3 Å². The second-order valence-electron chi connectivity index (χ2n) is 6.91. The van der Waals surface area contributed by atoms with E-state index in [0.717, 1.165) is 42.7 Å². The van der Waals surface area contributed by atoms with E-state index in [4.69, 9.17) is 14.7 Å². The highest BCUT2D eigenvalue weighted by Gasteiger charge is 2.09. The summed E-state index contributed by atoms with van der Waals surface area (Å²) in [6.45, 7) is 2.78. The summed E-state index contributed by atoms with van der Waals surface area (Å²) in [5.74, 6) is 0.723. The third kappa shape index (κ3) is 6.18. The molecule has 1 heterocycles. The van der Waals surface area contributed by atoms with Gasteiger partial charge in [-0.05, 0) is 73.4 Å². The smallest absolute Gasteiger partial charge is 0.343 e. The van der Waals surface area contributed by atoms with Gasteiger partial charge >= 0.3 is 5.97 Å². The summed E-state index contributed by atoms with van der Waals surface area (Å²) in [5.41, 5.74) is 3.17. The molecular weight excluding hydrogens is 376 g/mol. The van der Waals surface area contributed by atoms with E-state index in [-0.39, 0.29) is 0 Å². The Morgan fingerprint density at radius 2 is 1.70 bits per heavy atom. The van der Waals surface area contributed by atoms with Crippen LogP contribution in [0.5, 0.6) is 11.5 Å². The average Bonchev–Trinajstić information content (AvgIpc) is 2.79. The summed E-state index contributed by atoms with van der Waals surface area (Å²) in [6.07, 6.45) is 5.23. The van der Waals surface area contributed by atoms with E-state index >= 15 is 0 Å². The minimum Gasteiger partial charge on any atom is -0.494 e. The van der Waals surface area contributed by atoms with Gasteiger partial charge < -0.3 is 9.47 Å². The quantitative estimate of drug-likeness (QED) is 0.367. The summed E-state index contributed by atoms with van der Waals surface area (Å²) in [4.78, 5) is 16.7. The first-order chi connectivity index (χ1) is 14.7. The minimum absolute atomic E-state index is 0.408. The van der Waals surface area contributed by atoms with Crippen LogP contribution in [0.4, 0.5) is 0 Å². The second kappa shape index (κ2) is 10.8. The molecule has 0 radical (unpaired) electrons. The number of carbonyl (C=O) groups is 1. The van der Waals surface area contributed by atoms with Crippen LogP contribution in [-0.4, -0.2) is 17.6 Å². The van der Waals surface area contributed by atoms with E-state index in [9.17, 15) is 4.79 Å². The zero-order valence-electron chi connectivity index (χ0n) is 17.0. The molecule has 0 aliphatic carbocycles. The lowest BCUT2D eigenvalue weighted by Gasteiger charge is -2.07. The molecule has 0 spiro atoms. The lowest BCUT2D eigenvalue weighted by Crippen LogP contribution is -2.09. The Morgan fingerprint density at radius 1 is 0.967 bits per heavy atom. The van der Waals surface area contributed by atoms with Crippen LogP contribution < -0.4 is 9.47 Å². The normalized spacial score (nSPS) is 10.3. The predicted octanol–water partition coefficient (Wildman–Crippen LogP) is 5.14. The molecule has 0 amide bonds. The first-order valence-corrected chi connectivity index (χ1v) is 10.1. The summed E-state index contributed by atoms with van der Waals surface area (Å²) < 4.78 is 11.0. The number of hydrogen-bond acceptors (Lipinski definition) is 5. The first kappa shape index (κ1) is 21.1. The SMILES string of the molecule is CCCCOc1ccc(C(=O)Oc2ccc(CCc3ccc(C#N)cc3)nc2)cc1. The summed E-state index contributed by atoms with van der Waals surface area (Å²) in [5, 5.41) is 8.85. The molecular formula is C25H24N2O3. The Morgan fingerprint density at radius 3 is 2.33 bits per heavy atom. The van der Waals surface area contributed by atoms with Crippen molar-refractivity contribution in [2.24, 2.45) is 0 Å². The van der Waals surface area contributed by atoms with Gasteiger partial charge in [-0.25, -0.2) is 4.79 Å². The van der Waals surface area contributed by atoms with Gasteiger partial charge in [0.25, 0.3) is 0 Å². The van der Waals surface area contributed by atoms with Crippen LogP contribution in [0.2, 0.25) is 0 Å². The van der Waals surface area contributed by atoms with E-state index in [1.165, 1.54) is 0 Å². The molecule has 0 saturated heterocycles. The van der Waals surface area contributed by atoms with Gasteiger partial charge in [0, 0.05) is 5.69 Å². The lowest BCUT2D eigenvalue weighted by molar-refractivity contribution is 0.0734. The number of nitrogens with zero attached hydrogens (tertiary/aromatic N) is 2. The monoisotopic (exact) mass is 400 g/mol. The number of aryl methyl sites for hydroxylation is 2. The van der Waals surface area contributed by atoms with Crippen molar-refractivity contribution in [3.05, 3.63) is 89.2 Å². The van der Waals surface area contributed by atoms with Gasteiger partial charge in [0.15, 0.2) is 0 Å². The van der Waals surface area contributed by atoms with Crippen molar-refractivity contribution in [3.8, 4) is 17.6 Å². The van der Waals surface area contributed by atoms with Gasteiger partial charge in [-0.1, -0.05) is 25.5 Å². The van der Waals surface area contributed by atoms with Crippen LogP contribution in [0, 0.1) is 11.3 Å². The number of pyridine rings is 1. The Kier molecular flexibility index (Phi) is 7.57. The van der Waals surface area contributed by atoms with E-state index < -0.39 is 5.97 Å². The highest BCUT2D eigenvalue weighted by Crippen LogP contribution is 2.16. The average molecular weight is 400 g/mol. The van der Waals surface area contributed by atoms with Crippen molar-refractivity contribution >= 4 is 5.97 Å². The Labute approximate surface area is 176 Å². The highest BCUT2D eigenvalue weighted by molar-refractivity contribution is 5.91. The fourth-order valence-corrected chi connectivity index (χ4v) is 2.83. The molecule has 3 aromatic rings. The van der Waals surface area contributed by atoms with Crippen molar-refractivity contribution < 1.29 is 14.3 Å². The Bertz CT molecular complexity index is 989. The second-order valence-corrected chi connectivity index (χ2v) is 6.91. The summed E-state index contributed by atoms with van der Waals surface area (Å²) in [6, 6.07) is 20.2. The van der Waals surface area contributed by atoms with Gasteiger partial charge in [-0.15, -0.1) is 0 Å². The number of unbranched alkanes of at least 4 members (excludes halogenated alkanes) is 1. The molecule has 0 N–H and O–H groups in total. The standard InChI is InChI=1S/C25H24N2O3/c1-2-3-16-29-23-13-9-21(10-14-23)25(28)30-24-15-12-22(27-18-24)11-8-19-4-6-20(17-26)7-5-19/h4-7,9-10,12-15,18H,2-3,8,11,16H2,1H3. The van der Waals surface area contributed by atoms with Gasteiger partial charge in [-0.3, -0.25) is 4.98 Å². The topological polar surface area (TPSA) is 72.2 Å². The predicted molar refractivity (Wildman–Crippen MR) is 115 cm³/mol. The van der Waals surface area contributed by atoms with Crippen LogP contribution >= 0.6 is 0 Å². The largest absolute Gasteiger partial charge is 0.494 e. The maximum Gasteiger partial charge on any atom is 0.343 e. The van der Waals surface area contributed by atoms with Gasteiger partial charge in [0.05, 0.1) is 30.0 Å². The van der Waals surface area contributed by atoms with E-state index in [0.29, 0.717) is 23.5 Å². The fraction of sp³-hybridized carbons (Fsp3) is 0.240. The number of nitriles is 1. The zero-order chi connectivity index (χ0) is 21.2. The first-order valence-electron chi connectivity index (χ1n) is 10.1. The number of carbonyl (C=O) groups excluding carboxylic acids is 1. The van der Waals surface area contributed by atoms with Gasteiger partial charge in [0.2, 0.25) is 0 Å². The maximum atomic E-state index is 12.3. The molecule has 0 fully saturated rings. The van der Waals surface area contributed by atoms with Crippen molar-refractivity contribution in [3.63, 3.8) is 0 Å². The Balaban J connectivity index is 1.50.